The Kier molecular flexibility index (Phi) is 4.43. The van der Waals surface area contributed by atoms with Crippen molar-refractivity contribution in [3.63, 3.8) is 0 Å². The Bertz CT molecular complexity index is 1460. The number of amides is 1. The number of fused-ring (bicyclic) bond motifs is 2. The number of carbonyl (C=O) groups is 1. The number of nitrogens with two attached hydrogens (primary N) is 1. The second-order valence-corrected chi connectivity index (χ2v) is 7.45. The molecule has 0 unspecified atom stereocenters. The molecule has 0 saturated carbocycles. The third kappa shape index (κ3) is 3.40. The summed E-state index contributed by atoms with van der Waals surface area (Å²) in [6.45, 7) is 2.57. The predicted octanol–water partition coefficient (Wildman–Crippen LogP) is 4.24. The average Bonchev–Trinajstić information content (AvgIpc) is 3.16. The van der Waals surface area contributed by atoms with Crippen LogP contribution in [-0.4, -0.2) is 25.4 Å². The third-order valence-corrected chi connectivity index (χ3v) is 5.32. The van der Waals surface area contributed by atoms with Gasteiger partial charge in [0.1, 0.15) is 11.5 Å². The van der Waals surface area contributed by atoms with E-state index in [1.165, 1.54) is 12.1 Å². The van der Waals surface area contributed by atoms with E-state index >= 15 is 0 Å². The first-order valence-electron chi connectivity index (χ1n) is 9.75. The van der Waals surface area contributed by atoms with Crippen LogP contribution in [0.2, 0.25) is 0 Å². The van der Waals surface area contributed by atoms with E-state index in [4.69, 9.17) is 5.73 Å². The molecule has 31 heavy (non-hydrogen) atoms. The molecule has 0 spiro atoms. The van der Waals surface area contributed by atoms with Crippen LogP contribution < -0.4 is 5.73 Å². The van der Waals surface area contributed by atoms with Gasteiger partial charge in [-0.05, 0) is 65.6 Å². The molecule has 6 nitrogen and oxygen atoms in total. The number of imidazole rings is 1. The van der Waals surface area contributed by atoms with Crippen molar-refractivity contribution in [2.45, 2.75) is 13.5 Å². The van der Waals surface area contributed by atoms with Gasteiger partial charge in [-0.2, -0.15) is 0 Å². The van der Waals surface area contributed by atoms with Gasteiger partial charge in [-0.1, -0.05) is 18.2 Å². The zero-order valence-electron chi connectivity index (χ0n) is 16.7. The van der Waals surface area contributed by atoms with Gasteiger partial charge in [0, 0.05) is 18.1 Å². The van der Waals surface area contributed by atoms with Gasteiger partial charge in [0.15, 0.2) is 5.65 Å². The molecule has 5 rings (SSSR count). The summed E-state index contributed by atoms with van der Waals surface area (Å²) in [5, 5.41) is 0.900. The zero-order chi connectivity index (χ0) is 21.5. The Morgan fingerprint density at radius 3 is 2.68 bits per heavy atom. The van der Waals surface area contributed by atoms with E-state index < -0.39 is 5.91 Å². The Morgan fingerprint density at radius 2 is 1.90 bits per heavy atom. The lowest BCUT2D eigenvalue weighted by molar-refractivity contribution is 0.0996. The van der Waals surface area contributed by atoms with Crippen molar-refractivity contribution in [1.29, 1.82) is 0 Å². The molecule has 0 fully saturated rings. The summed E-state index contributed by atoms with van der Waals surface area (Å²) in [4.78, 5) is 25.1. The van der Waals surface area contributed by atoms with E-state index in [0.29, 0.717) is 17.7 Å². The molecule has 7 heteroatoms. The SMILES string of the molecule is Cc1cc(Cn2cnc3ncccc32)cc2nc(C(N)=O)cc(-c3ccc(F)cc3)c12. The van der Waals surface area contributed by atoms with E-state index in [1.54, 1.807) is 30.7 Å². The first kappa shape index (κ1) is 18.9. The van der Waals surface area contributed by atoms with Crippen LogP contribution in [0, 0.1) is 12.7 Å². The van der Waals surface area contributed by atoms with Gasteiger partial charge in [-0.15, -0.1) is 0 Å². The van der Waals surface area contributed by atoms with Crippen LogP contribution in [0.3, 0.4) is 0 Å². The number of rotatable bonds is 4. The minimum atomic E-state index is -0.611. The van der Waals surface area contributed by atoms with Gasteiger partial charge in [0.05, 0.1) is 17.4 Å². The summed E-state index contributed by atoms with van der Waals surface area (Å²) >= 11 is 0. The van der Waals surface area contributed by atoms with Gasteiger partial charge >= 0.3 is 0 Å². The van der Waals surface area contributed by atoms with Gasteiger partial charge in [0.2, 0.25) is 0 Å². The van der Waals surface area contributed by atoms with Crippen LogP contribution in [-0.2, 0) is 6.54 Å². The van der Waals surface area contributed by atoms with Crippen molar-refractivity contribution in [3.8, 4) is 11.1 Å². The number of benzene rings is 2. The fourth-order valence-corrected chi connectivity index (χ4v) is 3.95. The molecule has 5 aromatic rings. The fraction of sp³-hybridized carbons (Fsp3) is 0.0833. The maximum Gasteiger partial charge on any atom is 0.267 e. The second kappa shape index (κ2) is 7.28. The molecule has 3 aromatic heterocycles. The Labute approximate surface area is 177 Å². The van der Waals surface area contributed by atoms with Gasteiger partial charge < -0.3 is 10.3 Å². The van der Waals surface area contributed by atoms with Crippen LogP contribution in [0.15, 0.2) is 67.1 Å². The Balaban J connectivity index is 1.68. The van der Waals surface area contributed by atoms with Crippen molar-refractivity contribution >= 4 is 28.0 Å². The normalized spacial score (nSPS) is 11.3. The van der Waals surface area contributed by atoms with Crippen LogP contribution in [0.1, 0.15) is 21.6 Å². The van der Waals surface area contributed by atoms with E-state index in [-0.39, 0.29) is 11.5 Å². The van der Waals surface area contributed by atoms with Crippen LogP contribution in [0.5, 0.6) is 0 Å². The highest BCUT2D eigenvalue weighted by molar-refractivity contribution is 6.02. The minimum absolute atomic E-state index is 0.167. The zero-order valence-corrected chi connectivity index (χ0v) is 16.7. The van der Waals surface area contributed by atoms with Crippen molar-refractivity contribution < 1.29 is 9.18 Å². The molecule has 2 aromatic carbocycles. The van der Waals surface area contributed by atoms with E-state index in [0.717, 1.165) is 33.2 Å². The molecule has 0 saturated heterocycles. The molecular formula is C24H18FN5O. The molecule has 0 aliphatic carbocycles. The average molecular weight is 411 g/mol. The molecule has 1 amide bonds. The van der Waals surface area contributed by atoms with Crippen molar-refractivity contribution in [1.82, 2.24) is 19.5 Å². The Morgan fingerprint density at radius 1 is 1.10 bits per heavy atom. The molecule has 0 atom stereocenters. The maximum absolute atomic E-state index is 13.4. The molecule has 152 valence electrons. The number of pyridine rings is 2. The summed E-state index contributed by atoms with van der Waals surface area (Å²) in [6.07, 6.45) is 3.47. The first-order valence-corrected chi connectivity index (χ1v) is 9.75. The van der Waals surface area contributed by atoms with Crippen molar-refractivity contribution in [2.24, 2.45) is 5.73 Å². The van der Waals surface area contributed by atoms with Gasteiger partial charge in [-0.25, -0.2) is 19.3 Å². The molecular weight excluding hydrogens is 393 g/mol. The highest BCUT2D eigenvalue weighted by Gasteiger charge is 2.15. The number of carbonyl (C=O) groups excluding carboxylic acids is 1. The number of aromatic nitrogens is 4. The molecule has 0 radical (unpaired) electrons. The van der Waals surface area contributed by atoms with Crippen LogP contribution in [0.25, 0.3) is 33.2 Å². The Hall–Kier alpha value is -4.13. The smallest absolute Gasteiger partial charge is 0.267 e. The highest BCUT2D eigenvalue weighted by Crippen LogP contribution is 2.32. The second-order valence-electron chi connectivity index (χ2n) is 7.45. The summed E-state index contributed by atoms with van der Waals surface area (Å²) in [5.74, 6) is -0.932. The number of hydrogen-bond donors (Lipinski definition) is 1. The molecule has 0 aliphatic rings. The largest absolute Gasteiger partial charge is 0.364 e. The molecule has 0 aliphatic heterocycles. The van der Waals surface area contributed by atoms with Crippen molar-refractivity contribution in [3.05, 3.63) is 89.8 Å². The minimum Gasteiger partial charge on any atom is -0.364 e. The third-order valence-electron chi connectivity index (χ3n) is 5.32. The number of primary amides is 1. The predicted molar refractivity (Wildman–Crippen MR) is 117 cm³/mol. The van der Waals surface area contributed by atoms with E-state index in [9.17, 15) is 9.18 Å². The summed E-state index contributed by atoms with van der Waals surface area (Å²) < 4.78 is 15.5. The van der Waals surface area contributed by atoms with Gasteiger partial charge in [-0.3, -0.25) is 4.79 Å². The number of aryl methyl sites for hydroxylation is 1. The van der Waals surface area contributed by atoms with E-state index in [1.807, 2.05) is 29.7 Å². The quantitative estimate of drug-likeness (QED) is 0.479. The van der Waals surface area contributed by atoms with Crippen LogP contribution >= 0.6 is 0 Å². The number of nitrogens with zero attached hydrogens (tertiary/aromatic N) is 4. The van der Waals surface area contributed by atoms with Crippen molar-refractivity contribution in [2.75, 3.05) is 0 Å². The lowest BCUT2D eigenvalue weighted by Gasteiger charge is -2.14. The fourth-order valence-electron chi connectivity index (χ4n) is 3.95. The monoisotopic (exact) mass is 411 g/mol. The summed E-state index contributed by atoms with van der Waals surface area (Å²) in [7, 11) is 0. The van der Waals surface area contributed by atoms with Gasteiger partial charge in [0.25, 0.3) is 5.91 Å². The lowest BCUT2D eigenvalue weighted by atomic mass is 9.95. The van der Waals surface area contributed by atoms with Crippen LogP contribution in [0.4, 0.5) is 4.39 Å². The molecule has 0 bridgehead atoms. The molecule has 2 N–H and O–H groups in total. The molecule has 3 heterocycles. The summed E-state index contributed by atoms with van der Waals surface area (Å²) in [5.41, 5.74) is 11.6. The van der Waals surface area contributed by atoms with E-state index in [2.05, 4.69) is 21.0 Å². The lowest BCUT2D eigenvalue weighted by Crippen LogP contribution is -2.13. The standard InChI is InChI=1S/C24H18FN5O/c1-14-9-15(12-30-13-28-24-21(30)3-2-8-27-24)10-19-22(14)18(11-20(29-19)23(26)31)16-4-6-17(25)7-5-16/h2-11,13H,12H2,1H3,(H2,26,31). The maximum atomic E-state index is 13.4. The highest BCUT2D eigenvalue weighted by atomic mass is 19.1. The first-order chi connectivity index (χ1) is 15.0. The number of halogens is 1. The number of hydrogen-bond acceptors (Lipinski definition) is 4. The topological polar surface area (TPSA) is 86.7 Å². The summed E-state index contributed by atoms with van der Waals surface area (Å²) in [6, 6.07) is 15.7.